The van der Waals surface area contributed by atoms with Crippen molar-refractivity contribution in [1.29, 1.82) is 0 Å². The van der Waals surface area contributed by atoms with Crippen LogP contribution in [0.25, 0.3) is 0 Å². The smallest absolute Gasteiger partial charge is 0.323 e. The zero-order chi connectivity index (χ0) is 10.7. The largest absolute Gasteiger partial charge is 0.480 e. The van der Waals surface area contributed by atoms with Crippen LogP contribution in [0.15, 0.2) is 45.1 Å². The van der Waals surface area contributed by atoms with Crippen LogP contribution in [0.4, 0.5) is 0 Å². The number of carboxylic acid groups (broad SMARTS) is 1. The molecule has 0 aliphatic rings. The zero-order valence-electron chi connectivity index (χ0n) is 7.79. The van der Waals surface area contributed by atoms with Crippen LogP contribution in [0.5, 0.6) is 0 Å². The van der Waals surface area contributed by atoms with E-state index in [1.807, 2.05) is 29.6 Å². The van der Waals surface area contributed by atoms with E-state index in [4.69, 9.17) is 5.11 Å². The maximum absolute atomic E-state index is 10.6. The van der Waals surface area contributed by atoms with Gasteiger partial charge in [0.15, 0.2) is 0 Å². The Morgan fingerprint density at radius 2 is 2.33 bits per heavy atom. The monoisotopic (exact) mass is 239 g/mol. The molecule has 0 atom stereocenters. The third-order valence-corrected chi connectivity index (χ3v) is 3.91. The van der Waals surface area contributed by atoms with Gasteiger partial charge in [-0.15, -0.1) is 11.3 Å². The lowest BCUT2D eigenvalue weighted by molar-refractivity contribution is -0.137. The van der Waals surface area contributed by atoms with E-state index >= 15 is 0 Å². The zero-order valence-corrected chi connectivity index (χ0v) is 9.42. The molecule has 0 unspecified atom stereocenters. The highest BCUT2D eigenvalue weighted by Crippen LogP contribution is 2.31. The standard InChI is InChI=1S/C10H9NO2S2/c12-9(13)7-11-5-1-3-8(11)15-10-4-2-6-14-10/h1-6H,7H2,(H,12,13). The van der Waals surface area contributed by atoms with E-state index in [0.717, 1.165) is 5.03 Å². The number of hydrogen-bond donors (Lipinski definition) is 1. The van der Waals surface area contributed by atoms with Crippen LogP contribution >= 0.6 is 23.1 Å². The molecule has 2 rings (SSSR count). The summed E-state index contributed by atoms with van der Waals surface area (Å²) in [6.07, 6.45) is 1.78. The molecule has 5 heteroatoms. The molecule has 1 N–H and O–H groups in total. The van der Waals surface area contributed by atoms with Crippen molar-refractivity contribution < 1.29 is 9.90 Å². The Bertz CT molecular complexity index is 448. The van der Waals surface area contributed by atoms with Gasteiger partial charge >= 0.3 is 5.97 Å². The Kier molecular flexibility index (Phi) is 3.13. The van der Waals surface area contributed by atoms with Crippen molar-refractivity contribution in [3.05, 3.63) is 35.8 Å². The van der Waals surface area contributed by atoms with Gasteiger partial charge in [-0.25, -0.2) is 0 Å². The Morgan fingerprint density at radius 3 is 3.00 bits per heavy atom. The molecule has 0 spiro atoms. The Hall–Kier alpha value is -1.20. The van der Waals surface area contributed by atoms with E-state index in [0.29, 0.717) is 0 Å². The number of thiophene rings is 1. The van der Waals surface area contributed by atoms with Gasteiger partial charge in [0, 0.05) is 6.20 Å². The first-order valence-corrected chi connectivity index (χ1v) is 6.03. The van der Waals surface area contributed by atoms with Gasteiger partial charge in [-0.3, -0.25) is 4.79 Å². The van der Waals surface area contributed by atoms with Crippen molar-refractivity contribution >= 4 is 29.1 Å². The van der Waals surface area contributed by atoms with Crippen LogP contribution in [-0.2, 0) is 11.3 Å². The molecule has 0 aliphatic carbocycles. The van der Waals surface area contributed by atoms with Crippen molar-refractivity contribution in [3.63, 3.8) is 0 Å². The van der Waals surface area contributed by atoms with Crippen molar-refractivity contribution in [2.24, 2.45) is 0 Å². The average Bonchev–Trinajstić information content (AvgIpc) is 2.78. The topological polar surface area (TPSA) is 42.2 Å². The second-order valence-corrected chi connectivity index (χ2v) is 5.17. The third kappa shape index (κ3) is 2.64. The Labute approximate surface area is 95.4 Å². The summed E-state index contributed by atoms with van der Waals surface area (Å²) in [6, 6.07) is 7.79. The van der Waals surface area contributed by atoms with Gasteiger partial charge in [0.05, 0.1) is 9.24 Å². The first-order valence-electron chi connectivity index (χ1n) is 4.34. The lowest BCUT2D eigenvalue weighted by Gasteiger charge is -2.03. The van der Waals surface area contributed by atoms with Gasteiger partial charge in [0.2, 0.25) is 0 Å². The predicted octanol–water partition coefficient (Wildman–Crippen LogP) is 2.79. The lowest BCUT2D eigenvalue weighted by Crippen LogP contribution is -2.08. The number of carboxylic acids is 1. The normalized spacial score (nSPS) is 10.4. The molecule has 2 aromatic rings. The number of rotatable bonds is 4. The quantitative estimate of drug-likeness (QED) is 0.892. The molecule has 0 saturated heterocycles. The maximum atomic E-state index is 10.6. The van der Waals surface area contributed by atoms with Crippen LogP contribution in [-0.4, -0.2) is 15.6 Å². The van der Waals surface area contributed by atoms with Crippen LogP contribution in [0.3, 0.4) is 0 Å². The lowest BCUT2D eigenvalue weighted by atomic mass is 10.6. The predicted molar refractivity (Wildman–Crippen MR) is 60.5 cm³/mol. The van der Waals surface area contributed by atoms with Gasteiger partial charge in [-0.05, 0) is 23.6 Å². The van der Waals surface area contributed by atoms with Gasteiger partial charge in [-0.2, -0.15) is 0 Å². The van der Waals surface area contributed by atoms with E-state index < -0.39 is 5.97 Å². The van der Waals surface area contributed by atoms with Crippen LogP contribution in [0.2, 0.25) is 0 Å². The van der Waals surface area contributed by atoms with Crippen molar-refractivity contribution in [2.45, 2.75) is 15.8 Å². The number of carbonyl (C=O) groups is 1. The number of hydrogen-bond acceptors (Lipinski definition) is 3. The molecule has 78 valence electrons. The summed E-state index contributed by atoms with van der Waals surface area (Å²) in [5.74, 6) is -0.820. The number of aromatic nitrogens is 1. The molecule has 3 nitrogen and oxygen atoms in total. The first-order chi connectivity index (χ1) is 7.25. The Morgan fingerprint density at radius 1 is 1.47 bits per heavy atom. The summed E-state index contributed by atoms with van der Waals surface area (Å²) < 4.78 is 2.90. The van der Waals surface area contributed by atoms with Crippen LogP contribution in [0.1, 0.15) is 0 Å². The number of nitrogens with zero attached hydrogens (tertiary/aromatic N) is 1. The highest BCUT2D eigenvalue weighted by atomic mass is 32.2. The van der Waals surface area contributed by atoms with E-state index in [2.05, 4.69) is 0 Å². The third-order valence-electron chi connectivity index (χ3n) is 1.79. The van der Waals surface area contributed by atoms with Crippen LogP contribution in [0, 0.1) is 0 Å². The minimum absolute atomic E-state index is 0.0146. The molecular weight excluding hydrogens is 230 g/mol. The minimum atomic E-state index is -0.820. The Balaban J connectivity index is 2.14. The molecule has 15 heavy (non-hydrogen) atoms. The summed E-state index contributed by atoms with van der Waals surface area (Å²) in [7, 11) is 0. The number of aliphatic carboxylic acids is 1. The molecule has 0 bridgehead atoms. The summed E-state index contributed by atoms with van der Waals surface area (Å²) in [6.45, 7) is 0.0146. The molecule has 0 radical (unpaired) electrons. The average molecular weight is 239 g/mol. The molecule has 0 saturated carbocycles. The molecule has 0 aromatic carbocycles. The van der Waals surface area contributed by atoms with E-state index in [1.165, 1.54) is 4.21 Å². The highest BCUT2D eigenvalue weighted by Gasteiger charge is 2.06. The maximum Gasteiger partial charge on any atom is 0.323 e. The second kappa shape index (κ2) is 4.55. The highest BCUT2D eigenvalue weighted by molar-refractivity contribution is 8.01. The summed E-state index contributed by atoms with van der Waals surface area (Å²) >= 11 is 3.24. The fourth-order valence-electron chi connectivity index (χ4n) is 1.19. The fourth-order valence-corrected chi connectivity index (χ4v) is 3.00. The van der Waals surface area contributed by atoms with Gasteiger partial charge in [0.1, 0.15) is 6.54 Å². The van der Waals surface area contributed by atoms with Crippen LogP contribution < -0.4 is 0 Å². The van der Waals surface area contributed by atoms with E-state index in [-0.39, 0.29) is 6.54 Å². The van der Waals surface area contributed by atoms with Gasteiger partial charge in [0.25, 0.3) is 0 Å². The summed E-state index contributed by atoms with van der Waals surface area (Å²) in [4.78, 5) is 10.6. The second-order valence-electron chi connectivity index (χ2n) is 2.90. The molecule has 2 heterocycles. The van der Waals surface area contributed by atoms with Gasteiger partial charge < -0.3 is 9.67 Å². The molecular formula is C10H9NO2S2. The molecule has 0 fully saturated rings. The SMILES string of the molecule is O=C(O)Cn1cccc1Sc1cccs1. The minimum Gasteiger partial charge on any atom is -0.480 e. The summed E-state index contributed by atoms with van der Waals surface area (Å²) in [5.41, 5.74) is 0. The summed E-state index contributed by atoms with van der Waals surface area (Å²) in [5, 5.41) is 11.7. The van der Waals surface area contributed by atoms with Gasteiger partial charge in [-0.1, -0.05) is 17.8 Å². The van der Waals surface area contributed by atoms with Crippen molar-refractivity contribution in [1.82, 2.24) is 4.57 Å². The molecule has 0 aliphatic heterocycles. The molecule has 2 aromatic heterocycles. The van der Waals surface area contributed by atoms with E-state index in [1.54, 1.807) is 33.9 Å². The van der Waals surface area contributed by atoms with Crippen molar-refractivity contribution in [3.8, 4) is 0 Å². The fraction of sp³-hybridized carbons (Fsp3) is 0.100. The molecule has 0 amide bonds. The van der Waals surface area contributed by atoms with Crippen molar-refractivity contribution in [2.75, 3.05) is 0 Å². The van der Waals surface area contributed by atoms with E-state index in [9.17, 15) is 4.79 Å². The first kappa shape index (κ1) is 10.3.